The van der Waals surface area contributed by atoms with Crippen molar-refractivity contribution in [2.45, 2.75) is 0 Å². The average Bonchev–Trinajstić information content (AvgIpc) is 3.26. The standard InChI is InChI=1S/C15H11F2N5O2S/c1-18-13(23)10-5-12(22-21-10)20-14(24)11-6-25-15(19-11)7-2-3-8(16)9(17)4-7/h2-6H,1H3,(H,18,23)(H2,20,21,22,24). The van der Waals surface area contributed by atoms with E-state index in [4.69, 9.17) is 0 Å². The first-order valence-electron chi connectivity index (χ1n) is 6.97. The Kier molecular flexibility index (Phi) is 4.52. The summed E-state index contributed by atoms with van der Waals surface area (Å²) < 4.78 is 26.3. The number of carbonyl (C=O) groups is 2. The van der Waals surface area contributed by atoms with Crippen molar-refractivity contribution in [1.82, 2.24) is 20.5 Å². The van der Waals surface area contributed by atoms with Crippen molar-refractivity contribution in [2.24, 2.45) is 0 Å². The number of aromatic amines is 1. The van der Waals surface area contributed by atoms with E-state index in [1.165, 1.54) is 24.6 Å². The number of thiazole rings is 1. The van der Waals surface area contributed by atoms with Gasteiger partial charge in [0.05, 0.1) is 0 Å². The number of anilines is 1. The Balaban J connectivity index is 1.75. The second-order valence-corrected chi connectivity index (χ2v) is 5.72. The number of H-pyrrole nitrogens is 1. The second-order valence-electron chi connectivity index (χ2n) is 4.87. The zero-order chi connectivity index (χ0) is 18.0. The Morgan fingerprint density at radius 1 is 1.16 bits per heavy atom. The summed E-state index contributed by atoms with van der Waals surface area (Å²) in [7, 11) is 1.47. The number of nitrogens with zero attached hydrogens (tertiary/aromatic N) is 2. The number of rotatable bonds is 4. The highest BCUT2D eigenvalue weighted by molar-refractivity contribution is 7.13. The van der Waals surface area contributed by atoms with Gasteiger partial charge in [-0.05, 0) is 18.2 Å². The minimum absolute atomic E-state index is 0.0919. The average molecular weight is 363 g/mol. The Bertz CT molecular complexity index is 953. The number of amides is 2. The van der Waals surface area contributed by atoms with Crippen LogP contribution >= 0.6 is 11.3 Å². The third kappa shape index (κ3) is 3.53. The Labute approximate surface area is 144 Å². The van der Waals surface area contributed by atoms with Crippen LogP contribution in [0.5, 0.6) is 0 Å². The summed E-state index contributed by atoms with van der Waals surface area (Å²) in [6, 6.07) is 4.76. The lowest BCUT2D eigenvalue weighted by Crippen LogP contribution is -2.18. The van der Waals surface area contributed by atoms with Crippen LogP contribution in [0.3, 0.4) is 0 Å². The van der Waals surface area contributed by atoms with E-state index < -0.39 is 17.5 Å². The van der Waals surface area contributed by atoms with Gasteiger partial charge in [0.1, 0.15) is 16.4 Å². The second kappa shape index (κ2) is 6.77. The topological polar surface area (TPSA) is 99.8 Å². The van der Waals surface area contributed by atoms with E-state index in [0.29, 0.717) is 10.6 Å². The van der Waals surface area contributed by atoms with Gasteiger partial charge in [-0.2, -0.15) is 5.10 Å². The fourth-order valence-corrected chi connectivity index (χ4v) is 2.75. The Morgan fingerprint density at radius 2 is 1.96 bits per heavy atom. The third-order valence-electron chi connectivity index (χ3n) is 3.19. The highest BCUT2D eigenvalue weighted by atomic mass is 32.1. The molecule has 10 heteroatoms. The normalized spacial score (nSPS) is 10.5. The molecule has 0 unspecified atom stereocenters. The van der Waals surface area contributed by atoms with Gasteiger partial charge in [-0.25, -0.2) is 13.8 Å². The lowest BCUT2D eigenvalue weighted by Gasteiger charge is -1.99. The number of aromatic nitrogens is 3. The minimum atomic E-state index is -0.989. The third-order valence-corrected chi connectivity index (χ3v) is 4.09. The maximum Gasteiger partial charge on any atom is 0.276 e. The van der Waals surface area contributed by atoms with Crippen LogP contribution in [-0.4, -0.2) is 34.0 Å². The van der Waals surface area contributed by atoms with Crippen LogP contribution < -0.4 is 10.6 Å². The molecule has 0 spiro atoms. The maximum atomic E-state index is 13.3. The predicted octanol–water partition coefficient (Wildman–Crippen LogP) is 2.42. The molecule has 7 nitrogen and oxygen atoms in total. The Hall–Kier alpha value is -3.14. The molecular weight excluding hydrogens is 352 g/mol. The van der Waals surface area contributed by atoms with Gasteiger partial charge in [-0.15, -0.1) is 11.3 Å². The van der Waals surface area contributed by atoms with E-state index in [1.54, 1.807) is 0 Å². The molecule has 1 aromatic carbocycles. The molecule has 3 N–H and O–H groups in total. The smallest absolute Gasteiger partial charge is 0.276 e. The molecule has 128 valence electrons. The van der Waals surface area contributed by atoms with Gasteiger partial charge in [0.25, 0.3) is 11.8 Å². The molecule has 0 bridgehead atoms. The van der Waals surface area contributed by atoms with Gasteiger partial charge < -0.3 is 10.6 Å². The quantitative estimate of drug-likeness (QED) is 0.663. The molecular formula is C15H11F2N5O2S. The van der Waals surface area contributed by atoms with Crippen molar-refractivity contribution >= 4 is 29.0 Å². The van der Waals surface area contributed by atoms with Crippen LogP contribution in [0.15, 0.2) is 29.6 Å². The number of halogens is 2. The van der Waals surface area contributed by atoms with Gasteiger partial charge >= 0.3 is 0 Å². The molecule has 0 aliphatic rings. The lowest BCUT2D eigenvalue weighted by atomic mass is 10.2. The van der Waals surface area contributed by atoms with Crippen LogP contribution in [0.4, 0.5) is 14.6 Å². The largest absolute Gasteiger partial charge is 0.354 e. The van der Waals surface area contributed by atoms with E-state index in [1.807, 2.05) is 0 Å². The van der Waals surface area contributed by atoms with Crippen LogP contribution in [0.25, 0.3) is 10.6 Å². The highest BCUT2D eigenvalue weighted by Gasteiger charge is 2.15. The SMILES string of the molecule is CNC(=O)c1cc(NC(=O)c2csc(-c3ccc(F)c(F)c3)n2)n[nH]1. The number of hydrogen-bond donors (Lipinski definition) is 3. The summed E-state index contributed by atoms with van der Waals surface area (Å²) in [5, 5.41) is 13.1. The molecule has 3 rings (SSSR count). The van der Waals surface area contributed by atoms with Crippen LogP contribution in [0.2, 0.25) is 0 Å². The summed E-state index contributed by atoms with van der Waals surface area (Å²) in [6.07, 6.45) is 0. The Morgan fingerprint density at radius 3 is 2.68 bits per heavy atom. The summed E-state index contributed by atoms with van der Waals surface area (Å²) in [5.41, 5.74) is 0.650. The fourth-order valence-electron chi connectivity index (χ4n) is 1.96. The summed E-state index contributed by atoms with van der Waals surface area (Å²) in [5.74, 6) is -2.70. The van der Waals surface area contributed by atoms with E-state index >= 15 is 0 Å². The van der Waals surface area contributed by atoms with E-state index in [-0.39, 0.29) is 23.1 Å². The number of nitrogens with one attached hydrogen (secondary N) is 3. The molecule has 0 aliphatic carbocycles. The van der Waals surface area contributed by atoms with Crippen LogP contribution in [0, 0.1) is 11.6 Å². The molecule has 0 aliphatic heterocycles. The zero-order valence-electron chi connectivity index (χ0n) is 12.8. The number of carbonyl (C=O) groups excluding carboxylic acids is 2. The monoisotopic (exact) mass is 363 g/mol. The minimum Gasteiger partial charge on any atom is -0.354 e. The molecule has 25 heavy (non-hydrogen) atoms. The summed E-state index contributed by atoms with van der Waals surface area (Å²) in [4.78, 5) is 27.7. The first-order chi connectivity index (χ1) is 12.0. The van der Waals surface area contributed by atoms with Gasteiger partial charge in [-0.3, -0.25) is 14.7 Å². The zero-order valence-corrected chi connectivity index (χ0v) is 13.6. The number of hydrogen-bond acceptors (Lipinski definition) is 5. The molecule has 3 aromatic rings. The van der Waals surface area contributed by atoms with E-state index in [0.717, 1.165) is 23.5 Å². The molecule has 0 fully saturated rings. The summed E-state index contributed by atoms with van der Waals surface area (Å²) in [6.45, 7) is 0. The molecule has 0 radical (unpaired) electrons. The van der Waals surface area contributed by atoms with E-state index in [9.17, 15) is 18.4 Å². The maximum absolute atomic E-state index is 13.3. The van der Waals surface area contributed by atoms with Crippen molar-refractivity contribution in [3.63, 3.8) is 0 Å². The van der Waals surface area contributed by atoms with Gasteiger partial charge in [0.2, 0.25) is 0 Å². The van der Waals surface area contributed by atoms with Gasteiger partial charge in [-0.1, -0.05) is 0 Å². The first kappa shape index (κ1) is 16.7. The van der Waals surface area contributed by atoms with Crippen molar-refractivity contribution < 1.29 is 18.4 Å². The van der Waals surface area contributed by atoms with Crippen molar-refractivity contribution in [2.75, 3.05) is 12.4 Å². The molecule has 0 atom stereocenters. The molecule has 0 saturated carbocycles. The van der Waals surface area contributed by atoms with Crippen molar-refractivity contribution in [1.29, 1.82) is 0 Å². The molecule has 0 saturated heterocycles. The molecule has 2 amide bonds. The van der Waals surface area contributed by atoms with Crippen LogP contribution in [-0.2, 0) is 0 Å². The lowest BCUT2D eigenvalue weighted by molar-refractivity contribution is 0.0957. The highest BCUT2D eigenvalue weighted by Crippen LogP contribution is 2.25. The van der Waals surface area contributed by atoms with Gasteiger partial charge in [0, 0.05) is 24.1 Å². The summed E-state index contributed by atoms with van der Waals surface area (Å²) >= 11 is 1.12. The van der Waals surface area contributed by atoms with E-state index in [2.05, 4.69) is 25.8 Å². The van der Waals surface area contributed by atoms with Crippen molar-refractivity contribution in [3.05, 3.63) is 52.7 Å². The fraction of sp³-hybridized carbons (Fsp3) is 0.0667. The molecule has 2 heterocycles. The van der Waals surface area contributed by atoms with Crippen molar-refractivity contribution in [3.8, 4) is 10.6 Å². The van der Waals surface area contributed by atoms with Crippen LogP contribution in [0.1, 0.15) is 21.0 Å². The first-order valence-corrected chi connectivity index (χ1v) is 7.85. The predicted molar refractivity (Wildman–Crippen MR) is 87.4 cm³/mol. The van der Waals surface area contributed by atoms with Gasteiger partial charge in [0.15, 0.2) is 17.5 Å². The molecule has 2 aromatic heterocycles. The number of benzene rings is 1.